The molecule has 4 aromatic rings. The number of carbonyl (C=O) groups excluding carboxylic acids is 2. The van der Waals surface area contributed by atoms with Gasteiger partial charge in [0.05, 0.1) is 23.9 Å². The highest BCUT2D eigenvalue weighted by Crippen LogP contribution is 2.28. The SMILES string of the molecule is CN1CCCC(CNc2nc(-c3c[nH]c4ncc(Cl)cc34)ncc2F)C1.COC(=O)c1ccc(OC=O)cc1. The predicted molar refractivity (Wildman–Crippen MR) is 145 cm³/mol. The van der Waals surface area contributed by atoms with Crippen molar-refractivity contribution < 1.29 is 23.5 Å². The van der Waals surface area contributed by atoms with E-state index < -0.39 is 11.8 Å². The van der Waals surface area contributed by atoms with Gasteiger partial charge in [0.15, 0.2) is 17.5 Å². The van der Waals surface area contributed by atoms with Crippen LogP contribution in [0, 0.1) is 11.7 Å². The quantitative estimate of drug-likeness (QED) is 0.250. The molecule has 1 fully saturated rings. The van der Waals surface area contributed by atoms with E-state index in [9.17, 15) is 14.0 Å². The number of nitrogens with zero attached hydrogens (tertiary/aromatic N) is 4. The molecule has 204 valence electrons. The molecule has 0 amide bonds. The van der Waals surface area contributed by atoms with E-state index in [0.29, 0.717) is 46.7 Å². The lowest BCUT2D eigenvalue weighted by molar-refractivity contribution is -0.120. The van der Waals surface area contributed by atoms with Gasteiger partial charge in [-0.25, -0.2) is 24.1 Å². The van der Waals surface area contributed by atoms with Crippen molar-refractivity contribution in [2.24, 2.45) is 5.92 Å². The number of esters is 1. The van der Waals surface area contributed by atoms with Crippen molar-refractivity contribution >= 4 is 40.9 Å². The molecule has 5 rings (SSSR count). The van der Waals surface area contributed by atoms with E-state index in [4.69, 9.17) is 11.6 Å². The molecule has 12 heteroatoms. The first-order chi connectivity index (χ1) is 18.9. The summed E-state index contributed by atoms with van der Waals surface area (Å²) in [5.74, 6) is 0.675. The van der Waals surface area contributed by atoms with Gasteiger partial charge in [0.2, 0.25) is 0 Å². The van der Waals surface area contributed by atoms with Gasteiger partial charge in [-0.1, -0.05) is 11.6 Å². The topological polar surface area (TPSA) is 122 Å². The molecule has 1 aliphatic rings. The Labute approximate surface area is 229 Å². The Kier molecular flexibility index (Phi) is 9.40. The summed E-state index contributed by atoms with van der Waals surface area (Å²) in [5, 5.41) is 4.50. The highest BCUT2D eigenvalue weighted by Gasteiger charge is 2.19. The second-order valence-corrected chi connectivity index (χ2v) is 9.46. The molecule has 0 spiro atoms. The zero-order valence-electron chi connectivity index (χ0n) is 21.5. The summed E-state index contributed by atoms with van der Waals surface area (Å²) in [6.07, 6.45) is 6.85. The van der Waals surface area contributed by atoms with E-state index in [1.165, 1.54) is 44.0 Å². The molecule has 10 nitrogen and oxygen atoms in total. The highest BCUT2D eigenvalue weighted by molar-refractivity contribution is 6.31. The van der Waals surface area contributed by atoms with Gasteiger partial charge in [-0.05, 0) is 62.7 Å². The number of anilines is 1. The van der Waals surface area contributed by atoms with Crippen molar-refractivity contribution in [2.45, 2.75) is 12.8 Å². The molecular weight excluding hydrogens is 527 g/mol. The Morgan fingerprint density at radius 1 is 1.28 bits per heavy atom. The van der Waals surface area contributed by atoms with Gasteiger partial charge in [-0.3, -0.25) is 4.79 Å². The van der Waals surface area contributed by atoms with Gasteiger partial charge in [0, 0.05) is 36.4 Å². The molecule has 0 saturated carbocycles. The fraction of sp³-hybridized carbons (Fsp3) is 0.296. The Bertz CT molecular complexity index is 1430. The number of ether oxygens (including phenoxy) is 2. The Hall–Kier alpha value is -4.09. The summed E-state index contributed by atoms with van der Waals surface area (Å²) in [6, 6.07) is 7.87. The Morgan fingerprint density at radius 3 is 2.79 bits per heavy atom. The number of aromatic nitrogens is 4. The van der Waals surface area contributed by atoms with Crippen LogP contribution < -0.4 is 10.1 Å². The number of H-pyrrole nitrogens is 1. The number of carbonyl (C=O) groups is 2. The number of piperidine rings is 1. The number of aromatic amines is 1. The van der Waals surface area contributed by atoms with E-state index in [-0.39, 0.29) is 5.82 Å². The van der Waals surface area contributed by atoms with Gasteiger partial charge in [0.1, 0.15) is 11.4 Å². The molecule has 0 radical (unpaired) electrons. The smallest absolute Gasteiger partial charge is 0.337 e. The second kappa shape index (κ2) is 13.1. The second-order valence-electron chi connectivity index (χ2n) is 9.02. The summed E-state index contributed by atoms with van der Waals surface area (Å²) in [6.45, 7) is 3.16. The molecule has 0 aliphatic carbocycles. The lowest BCUT2D eigenvalue weighted by Crippen LogP contribution is -2.35. The largest absolute Gasteiger partial charge is 0.465 e. The van der Waals surface area contributed by atoms with E-state index in [1.54, 1.807) is 18.5 Å². The first-order valence-corrected chi connectivity index (χ1v) is 12.6. The summed E-state index contributed by atoms with van der Waals surface area (Å²) < 4.78 is 23.2. The van der Waals surface area contributed by atoms with Crippen LogP contribution in [-0.2, 0) is 9.53 Å². The average molecular weight is 555 g/mol. The van der Waals surface area contributed by atoms with Crippen molar-refractivity contribution in [2.75, 3.05) is 39.1 Å². The third-order valence-corrected chi connectivity index (χ3v) is 6.43. The Morgan fingerprint density at radius 2 is 2.08 bits per heavy atom. The fourth-order valence-electron chi connectivity index (χ4n) is 4.31. The first-order valence-electron chi connectivity index (χ1n) is 12.2. The van der Waals surface area contributed by atoms with Gasteiger partial charge < -0.3 is 24.7 Å². The number of likely N-dealkylation sites (tertiary alicyclic amines) is 1. The van der Waals surface area contributed by atoms with Crippen LogP contribution in [0.2, 0.25) is 5.02 Å². The maximum atomic E-state index is 14.2. The molecule has 1 unspecified atom stereocenters. The van der Waals surface area contributed by atoms with Crippen LogP contribution in [0.3, 0.4) is 0 Å². The minimum atomic E-state index is -0.450. The lowest BCUT2D eigenvalue weighted by atomic mass is 9.98. The third kappa shape index (κ3) is 7.27. The van der Waals surface area contributed by atoms with Gasteiger partial charge >= 0.3 is 5.97 Å². The van der Waals surface area contributed by atoms with Crippen LogP contribution in [0.15, 0.2) is 48.9 Å². The van der Waals surface area contributed by atoms with Gasteiger partial charge in [-0.15, -0.1) is 0 Å². The number of nitrogens with one attached hydrogen (secondary N) is 2. The number of pyridine rings is 1. The summed E-state index contributed by atoms with van der Waals surface area (Å²) in [7, 11) is 3.42. The molecule has 39 heavy (non-hydrogen) atoms. The van der Waals surface area contributed by atoms with Crippen LogP contribution in [0.4, 0.5) is 10.2 Å². The zero-order chi connectivity index (χ0) is 27.8. The van der Waals surface area contributed by atoms with Crippen LogP contribution >= 0.6 is 11.6 Å². The molecule has 1 saturated heterocycles. The molecular formula is C27H28ClFN6O4. The number of fused-ring (bicyclic) bond motifs is 1. The number of rotatable bonds is 7. The van der Waals surface area contributed by atoms with E-state index in [0.717, 1.165) is 30.5 Å². The van der Waals surface area contributed by atoms with Crippen LogP contribution in [0.5, 0.6) is 5.75 Å². The van der Waals surface area contributed by atoms with E-state index in [1.807, 2.05) is 0 Å². The van der Waals surface area contributed by atoms with Gasteiger partial charge in [0.25, 0.3) is 6.47 Å². The van der Waals surface area contributed by atoms with Gasteiger partial charge in [-0.2, -0.15) is 0 Å². The molecule has 2 N–H and O–H groups in total. The third-order valence-electron chi connectivity index (χ3n) is 6.22. The standard InChI is InChI=1S/C18H20ClFN6.C9H8O4/c1-26-4-2-3-11(10-26)6-21-18-15(20)9-24-17(25-18)14-8-23-16-13(14)5-12(19)7-22-16;1-12-9(11)7-2-4-8(5-3-7)13-6-10/h5,7-9,11H,2-4,6,10H2,1H3,(H,22,23)(H,21,24,25);2-6H,1H3. The number of hydrogen-bond acceptors (Lipinski definition) is 9. The molecule has 3 aromatic heterocycles. The van der Waals surface area contributed by atoms with Crippen LogP contribution in [-0.4, -0.2) is 71.1 Å². The maximum Gasteiger partial charge on any atom is 0.337 e. The van der Waals surface area contributed by atoms with E-state index >= 15 is 0 Å². The predicted octanol–water partition coefficient (Wildman–Crippen LogP) is 4.57. The number of hydrogen-bond donors (Lipinski definition) is 2. The zero-order valence-corrected chi connectivity index (χ0v) is 22.2. The maximum absolute atomic E-state index is 14.2. The Balaban J connectivity index is 0.000000229. The minimum Gasteiger partial charge on any atom is -0.465 e. The summed E-state index contributed by atoms with van der Waals surface area (Å²) >= 11 is 6.05. The number of benzene rings is 1. The summed E-state index contributed by atoms with van der Waals surface area (Å²) in [4.78, 5) is 39.0. The minimum absolute atomic E-state index is 0.229. The monoisotopic (exact) mass is 554 g/mol. The lowest BCUT2D eigenvalue weighted by Gasteiger charge is -2.29. The molecule has 1 aromatic carbocycles. The average Bonchev–Trinajstić information content (AvgIpc) is 3.36. The van der Waals surface area contributed by atoms with Crippen molar-refractivity contribution in [1.29, 1.82) is 0 Å². The van der Waals surface area contributed by atoms with Crippen molar-refractivity contribution in [1.82, 2.24) is 24.8 Å². The van der Waals surface area contributed by atoms with Crippen molar-refractivity contribution in [3.8, 4) is 17.1 Å². The normalized spacial score (nSPS) is 15.2. The molecule has 0 bridgehead atoms. The number of methoxy groups -OCH3 is 1. The van der Waals surface area contributed by atoms with Crippen molar-refractivity contribution in [3.63, 3.8) is 0 Å². The van der Waals surface area contributed by atoms with Crippen LogP contribution in [0.25, 0.3) is 22.4 Å². The van der Waals surface area contributed by atoms with Crippen LogP contribution in [0.1, 0.15) is 23.2 Å². The highest BCUT2D eigenvalue weighted by atomic mass is 35.5. The van der Waals surface area contributed by atoms with E-state index in [2.05, 4.69) is 46.7 Å². The first kappa shape index (κ1) is 27.9. The number of halogens is 2. The summed E-state index contributed by atoms with van der Waals surface area (Å²) in [5.41, 5.74) is 1.85. The fourth-order valence-corrected chi connectivity index (χ4v) is 4.47. The van der Waals surface area contributed by atoms with Crippen molar-refractivity contribution in [3.05, 3.63) is 65.3 Å². The molecule has 4 heterocycles. The molecule has 1 aliphatic heterocycles. The molecule has 1 atom stereocenters.